The Morgan fingerprint density at radius 2 is 1.88 bits per heavy atom. The van der Waals surface area contributed by atoms with Crippen LogP contribution >= 0.6 is 23.1 Å². The van der Waals surface area contributed by atoms with Crippen molar-refractivity contribution >= 4 is 28.9 Å². The van der Waals surface area contributed by atoms with E-state index >= 15 is 0 Å². The van der Waals surface area contributed by atoms with Crippen LogP contribution in [0.25, 0.3) is 0 Å². The quantitative estimate of drug-likeness (QED) is 0.601. The molecule has 0 unspecified atom stereocenters. The van der Waals surface area contributed by atoms with Crippen molar-refractivity contribution in [3.05, 3.63) is 27.3 Å². The average Bonchev–Trinajstić information content (AvgIpc) is 2.92. The van der Waals surface area contributed by atoms with E-state index in [0.717, 1.165) is 55.8 Å². The second-order valence-corrected chi connectivity index (χ2v) is 8.12. The molecule has 1 aliphatic rings. The second-order valence-electron chi connectivity index (χ2n) is 6.06. The molecule has 0 atom stereocenters. The van der Waals surface area contributed by atoms with E-state index in [0.29, 0.717) is 0 Å². The lowest BCUT2D eigenvalue weighted by atomic mass is 10.2. The van der Waals surface area contributed by atoms with Crippen molar-refractivity contribution in [2.24, 2.45) is 0 Å². The highest BCUT2D eigenvalue weighted by Crippen LogP contribution is 2.22. The fraction of sp³-hybridized carbons (Fsp3) is 0.588. The van der Waals surface area contributed by atoms with Crippen molar-refractivity contribution < 1.29 is 0 Å². The van der Waals surface area contributed by atoms with Crippen LogP contribution in [0.3, 0.4) is 0 Å². The molecule has 0 N–H and O–H groups in total. The van der Waals surface area contributed by atoms with Gasteiger partial charge in [-0.25, -0.2) is 15.0 Å². The highest BCUT2D eigenvalue weighted by atomic mass is 32.2. The summed E-state index contributed by atoms with van der Waals surface area (Å²) >= 11 is 3.44. The molecule has 0 spiro atoms. The molecule has 5 nitrogen and oxygen atoms in total. The third kappa shape index (κ3) is 4.07. The van der Waals surface area contributed by atoms with Gasteiger partial charge in [-0.05, 0) is 26.5 Å². The first-order valence-electron chi connectivity index (χ1n) is 8.41. The molecule has 1 fully saturated rings. The lowest BCUT2D eigenvalue weighted by Gasteiger charge is -2.35. The molecule has 0 aliphatic carbocycles. The molecule has 0 bridgehead atoms. The van der Waals surface area contributed by atoms with Gasteiger partial charge in [0.25, 0.3) is 0 Å². The molecular weight excluding hydrogens is 338 g/mol. The predicted molar refractivity (Wildman–Crippen MR) is 102 cm³/mol. The number of hydrogen-bond donors (Lipinski definition) is 0. The van der Waals surface area contributed by atoms with Gasteiger partial charge in [0.05, 0.1) is 10.7 Å². The summed E-state index contributed by atoms with van der Waals surface area (Å²) in [7, 11) is 0. The summed E-state index contributed by atoms with van der Waals surface area (Å²) in [6, 6.07) is 2.14. The van der Waals surface area contributed by atoms with E-state index in [4.69, 9.17) is 4.98 Å². The number of aromatic nitrogens is 3. The Labute approximate surface area is 152 Å². The number of thiazole rings is 1. The van der Waals surface area contributed by atoms with Crippen LogP contribution < -0.4 is 4.90 Å². The Bertz CT molecular complexity index is 670. The molecular formula is C17H25N5S2. The molecule has 0 aromatic carbocycles. The Morgan fingerprint density at radius 1 is 1.12 bits per heavy atom. The molecule has 2 aromatic heterocycles. The van der Waals surface area contributed by atoms with Crippen LogP contribution in [0.2, 0.25) is 0 Å². The van der Waals surface area contributed by atoms with Gasteiger partial charge in [0.2, 0.25) is 0 Å². The summed E-state index contributed by atoms with van der Waals surface area (Å²) < 4.78 is 0. The summed E-state index contributed by atoms with van der Waals surface area (Å²) in [5, 5.41) is 2.04. The van der Waals surface area contributed by atoms with Crippen LogP contribution in [0, 0.1) is 13.8 Å². The second kappa shape index (κ2) is 7.80. The summed E-state index contributed by atoms with van der Waals surface area (Å²) in [6.07, 6.45) is 2.99. The molecule has 24 heavy (non-hydrogen) atoms. The predicted octanol–water partition coefficient (Wildman–Crippen LogP) is 3.16. The zero-order valence-corrected chi connectivity index (χ0v) is 16.5. The molecule has 0 amide bonds. The van der Waals surface area contributed by atoms with E-state index in [9.17, 15) is 0 Å². The van der Waals surface area contributed by atoms with Crippen LogP contribution in [-0.2, 0) is 13.0 Å². The molecule has 7 heteroatoms. The maximum absolute atomic E-state index is 4.70. The van der Waals surface area contributed by atoms with E-state index in [1.54, 1.807) is 11.8 Å². The molecule has 1 saturated heterocycles. The van der Waals surface area contributed by atoms with Gasteiger partial charge in [-0.3, -0.25) is 4.90 Å². The summed E-state index contributed by atoms with van der Waals surface area (Å²) in [5.74, 6) is 1.08. The number of piperazine rings is 1. The van der Waals surface area contributed by atoms with Crippen LogP contribution in [0.1, 0.15) is 28.2 Å². The fourth-order valence-electron chi connectivity index (χ4n) is 2.95. The van der Waals surface area contributed by atoms with Gasteiger partial charge in [0, 0.05) is 49.4 Å². The minimum atomic E-state index is 0.877. The average molecular weight is 364 g/mol. The van der Waals surface area contributed by atoms with Gasteiger partial charge >= 0.3 is 0 Å². The smallest absolute Gasteiger partial charge is 0.189 e. The fourth-order valence-corrected chi connectivity index (χ4v) is 4.33. The van der Waals surface area contributed by atoms with Crippen LogP contribution in [-0.4, -0.2) is 52.3 Å². The van der Waals surface area contributed by atoms with Gasteiger partial charge in [0.15, 0.2) is 5.16 Å². The van der Waals surface area contributed by atoms with E-state index in [1.807, 2.05) is 17.6 Å². The van der Waals surface area contributed by atoms with Crippen LogP contribution in [0.5, 0.6) is 0 Å². The molecule has 0 saturated carbocycles. The van der Waals surface area contributed by atoms with Gasteiger partial charge in [-0.15, -0.1) is 11.3 Å². The number of anilines is 1. The van der Waals surface area contributed by atoms with Crippen LogP contribution in [0.15, 0.2) is 11.2 Å². The Hall–Kier alpha value is -1.18. The number of nitrogens with zero attached hydrogens (tertiary/aromatic N) is 5. The minimum absolute atomic E-state index is 0.877. The third-order valence-corrected chi connectivity index (χ3v) is 5.96. The van der Waals surface area contributed by atoms with E-state index in [1.165, 1.54) is 15.6 Å². The topological polar surface area (TPSA) is 45.2 Å². The van der Waals surface area contributed by atoms with Gasteiger partial charge in [-0.2, -0.15) is 0 Å². The van der Waals surface area contributed by atoms with Gasteiger partial charge < -0.3 is 4.90 Å². The van der Waals surface area contributed by atoms with Crippen molar-refractivity contribution in [1.29, 1.82) is 0 Å². The zero-order chi connectivity index (χ0) is 17.1. The Morgan fingerprint density at radius 3 is 2.46 bits per heavy atom. The molecule has 1 aliphatic heterocycles. The highest BCUT2D eigenvalue weighted by molar-refractivity contribution is 7.98. The van der Waals surface area contributed by atoms with E-state index in [-0.39, 0.29) is 0 Å². The lowest BCUT2D eigenvalue weighted by Crippen LogP contribution is -2.46. The normalized spacial score (nSPS) is 15.9. The van der Waals surface area contributed by atoms with Crippen molar-refractivity contribution in [1.82, 2.24) is 19.9 Å². The van der Waals surface area contributed by atoms with E-state index < -0.39 is 0 Å². The number of hydrogen-bond acceptors (Lipinski definition) is 7. The first-order chi connectivity index (χ1) is 11.6. The Kier molecular flexibility index (Phi) is 5.73. The third-order valence-electron chi connectivity index (χ3n) is 4.35. The summed E-state index contributed by atoms with van der Waals surface area (Å²) in [6.45, 7) is 11.5. The van der Waals surface area contributed by atoms with Crippen molar-refractivity contribution in [3.63, 3.8) is 0 Å². The zero-order valence-electron chi connectivity index (χ0n) is 14.9. The monoisotopic (exact) mass is 363 g/mol. The largest absolute Gasteiger partial charge is 0.354 e. The Balaban J connectivity index is 1.63. The van der Waals surface area contributed by atoms with E-state index in [2.05, 4.69) is 46.6 Å². The molecule has 130 valence electrons. The van der Waals surface area contributed by atoms with Crippen molar-refractivity contribution in [2.45, 2.75) is 38.9 Å². The van der Waals surface area contributed by atoms with Crippen LogP contribution in [0.4, 0.5) is 5.82 Å². The number of aryl methyl sites for hydroxylation is 3. The molecule has 0 radical (unpaired) electrons. The number of thioether (sulfide) groups is 1. The SMILES string of the molecule is CCc1cc(N2CCN(Cc3sc(C)nc3C)CC2)nc(SC)n1. The lowest BCUT2D eigenvalue weighted by molar-refractivity contribution is 0.250. The first kappa shape index (κ1) is 17.6. The maximum atomic E-state index is 4.70. The molecule has 2 aromatic rings. The standard InChI is InChI=1S/C17H25N5S2/c1-5-14-10-16(20-17(19-14)23-4)22-8-6-21(7-9-22)11-15-12(2)18-13(3)24-15/h10H,5-9,11H2,1-4H3. The maximum Gasteiger partial charge on any atom is 0.189 e. The summed E-state index contributed by atoms with van der Waals surface area (Å²) in [5.41, 5.74) is 2.32. The van der Waals surface area contributed by atoms with Crippen molar-refractivity contribution in [2.75, 3.05) is 37.3 Å². The summed E-state index contributed by atoms with van der Waals surface area (Å²) in [4.78, 5) is 20.1. The minimum Gasteiger partial charge on any atom is -0.354 e. The molecule has 3 rings (SSSR count). The first-order valence-corrected chi connectivity index (χ1v) is 10.4. The highest BCUT2D eigenvalue weighted by Gasteiger charge is 2.20. The number of rotatable bonds is 5. The van der Waals surface area contributed by atoms with Gasteiger partial charge in [0.1, 0.15) is 5.82 Å². The van der Waals surface area contributed by atoms with Crippen molar-refractivity contribution in [3.8, 4) is 0 Å². The van der Waals surface area contributed by atoms with Gasteiger partial charge in [-0.1, -0.05) is 18.7 Å². The molecule has 3 heterocycles.